The van der Waals surface area contributed by atoms with Crippen LogP contribution in [0.3, 0.4) is 0 Å². The molecule has 3 aromatic rings. The second-order valence-electron chi connectivity index (χ2n) is 9.58. The predicted molar refractivity (Wildman–Crippen MR) is 146 cm³/mol. The van der Waals surface area contributed by atoms with Gasteiger partial charge in [-0.3, -0.25) is 22.9 Å². The molecule has 1 aromatic heterocycles. The SMILES string of the molecule is CCn1ncc2c(N3CCCS3(O)O)cc(C(=O)N[C@@H](Cc3ccccc3)[C@@H](O)CNC(C)C)cc21. The molecule has 0 radical (unpaired) electrons. The summed E-state index contributed by atoms with van der Waals surface area (Å²) in [5.41, 5.74) is 2.75. The molecule has 0 unspecified atom stereocenters. The normalized spacial score (nSPS) is 17.9. The fourth-order valence-electron chi connectivity index (χ4n) is 4.59. The summed E-state index contributed by atoms with van der Waals surface area (Å²) >= 11 is 0. The maximum atomic E-state index is 13.6. The van der Waals surface area contributed by atoms with Crippen molar-refractivity contribution in [1.82, 2.24) is 20.4 Å². The summed E-state index contributed by atoms with van der Waals surface area (Å²) < 4.78 is 24.7. The van der Waals surface area contributed by atoms with E-state index in [1.807, 2.05) is 51.1 Å². The van der Waals surface area contributed by atoms with Crippen molar-refractivity contribution in [3.63, 3.8) is 0 Å². The van der Waals surface area contributed by atoms with Crippen LogP contribution in [0.25, 0.3) is 10.9 Å². The van der Waals surface area contributed by atoms with E-state index in [1.165, 1.54) is 0 Å². The number of carbonyl (C=O) groups is 1. The third kappa shape index (κ3) is 5.84. The van der Waals surface area contributed by atoms with Crippen LogP contribution in [0, 0.1) is 0 Å². The highest BCUT2D eigenvalue weighted by Crippen LogP contribution is 2.52. The lowest BCUT2D eigenvalue weighted by atomic mass is 10.00. The van der Waals surface area contributed by atoms with E-state index in [2.05, 4.69) is 15.7 Å². The summed E-state index contributed by atoms with van der Waals surface area (Å²) in [4.78, 5) is 13.6. The third-order valence-corrected chi connectivity index (χ3v) is 8.44. The van der Waals surface area contributed by atoms with Gasteiger partial charge in [0.2, 0.25) is 0 Å². The third-order valence-electron chi connectivity index (χ3n) is 6.52. The lowest BCUT2D eigenvalue weighted by Gasteiger charge is -2.38. The maximum absolute atomic E-state index is 13.6. The van der Waals surface area contributed by atoms with E-state index in [-0.39, 0.29) is 11.9 Å². The number of nitrogens with one attached hydrogen (secondary N) is 2. The Morgan fingerprint density at radius 2 is 1.94 bits per heavy atom. The highest BCUT2D eigenvalue weighted by Gasteiger charge is 2.32. The second-order valence-corrected chi connectivity index (χ2v) is 11.7. The molecule has 2 aromatic carbocycles. The van der Waals surface area contributed by atoms with Crippen LogP contribution in [-0.4, -0.2) is 66.9 Å². The van der Waals surface area contributed by atoms with E-state index in [0.29, 0.717) is 49.5 Å². The van der Waals surface area contributed by atoms with Gasteiger partial charge in [0.15, 0.2) is 0 Å². The van der Waals surface area contributed by atoms with Crippen molar-refractivity contribution in [2.75, 3.05) is 23.1 Å². The molecule has 10 heteroatoms. The largest absolute Gasteiger partial charge is 0.390 e. The summed E-state index contributed by atoms with van der Waals surface area (Å²) in [6.07, 6.45) is 2.05. The van der Waals surface area contributed by atoms with Crippen LogP contribution < -0.4 is 14.9 Å². The molecule has 0 spiro atoms. The zero-order valence-electron chi connectivity index (χ0n) is 21.1. The number of aliphatic hydroxyl groups excluding tert-OH is 1. The van der Waals surface area contributed by atoms with Crippen molar-refractivity contribution in [2.24, 2.45) is 0 Å². The molecular weight excluding hydrogens is 478 g/mol. The number of fused-ring (bicyclic) bond motifs is 1. The standard InChI is InChI=1S/C26H37N5O4S/c1-4-30-23-14-20(15-24(21(23)16-28-30)31-11-8-12-36(31,34)35)26(33)29-22(25(32)17-27-18(2)3)13-19-9-6-5-7-10-19/h5-7,9-10,14-16,18,22,25,27,32,34-35H,4,8,11-13,17H2,1-3H3,(H,29,33)/t22-,25-/m0/s1. The molecule has 1 aliphatic heterocycles. The van der Waals surface area contributed by atoms with E-state index in [1.54, 1.807) is 27.3 Å². The molecule has 1 saturated heterocycles. The topological polar surface area (TPSA) is 123 Å². The molecule has 2 heterocycles. The molecule has 1 amide bonds. The number of hydrogen-bond donors (Lipinski definition) is 5. The van der Waals surface area contributed by atoms with E-state index in [0.717, 1.165) is 16.5 Å². The fourth-order valence-corrected chi connectivity index (χ4v) is 6.21. The van der Waals surface area contributed by atoms with Gasteiger partial charge in [0.25, 0.3) is 5.91 Å². The Hall–Kier alpha value is -2.63. The van der Waals surface area contributed by atoms with Crippen molar-refractivity contribution in [3.8, 4) is 0 Å². The van der Waals surface area contributed by atoms with Gasteiger partial charge in [-0.25, -0.2) is 0 Å². The lowest BCUT2D eigenvalue weighted by molar-refractivity contribution is 0.0827. The number of aliphatic hydroxyl groups is 1. The van der Waals surface area contributed by atoms with Crippen LogP contribution in [0.2, 0.25) is 0 Å². The zero-order chi connectivity index (χ0) is 25.9. The molecule has 4 rings (SSSR count). The van der Waals surface area contributed by atoms with Gasteiger partial charge in [-0.15, -0.1) is 10.8 Å². The zero-order valence-corrected chi connectivity index (χ0v) is 21.9. The fraction of sp³-hybridized carbons (Fsp3) is 0.462. The highest BCUT2D eigenvalue weighted by molar-refractivity contribution is 8.25. The Kier molecular flexibility index (Phi) is 8.21. The van der Waals surface area contributed by atoms with Gasteiger partial charge < -0.3 is 15.7 Å². The minimum atomic E-state index is -2.95. The Morgan fingerprint density at radius 1 is 1.19 bits per heavy atom. The van der Waals surface area contributed by atoms with Gasteiger partial charge in [0, 0.05) is 36.6 Å². The van der Waals surface area contributed by atoms with Crippen molar-refractivity contribution in [2.45, 2.75) is 58.3 Å². The predicted octanol–water partition coefficient (Wildman–Crippen LogP) is 3.63. The Balaban J connectivity index is 1.67. The first-order valence-corrected chi connectivity index (χ1v) is 14.2. The molecule has 2 atom stereocenters. The van der Waals surface area contributed by atoms with Gasteiger partial charge >= 0.3 is 0 Å². The van der Waals surface area contributed by atoms with Crippen molar-refractivity contribution >= 4 is 33.3 Å². The van der Waals surface area contributed by atoms with Crippen molar-refractivity contribution < 1.29 is 19.0 Å². The number of carbonyl (C=O) groups excluding carboxylic acids is 1. The average Bonchev–Trinajstić information content (AvgIpc) is 3.44. The quantitative estimate of drug-likeness (QED) is 0.279. The minimum Gasteiger partial charge on any atom is -0.390 e. The monoisotopic (exact) mass is 515 g/mol. The molecule has 0 saturated carbocycles. The Bertz CT molecular complexity index is 1180. The number of hydrogen-bond acceptors (Lipinski definition) is 7. The first kappa shape index (κ1) is 26.4. The van der Waals surface area contributed by atoms with Gasteiger partial charge in [-0.05, 0) is 37.5 Å². The van der Waals surface area contributed by atoms with Gasteiger partial charge in [0.1, 0.15) is 0 Å². The van der Waals surface area contributed by atoms with E-state index in [4.69, 9.17) is 0 Å². The summed E-state index contributed by atoms with van der Waals surface area (Å²) in [5.74, 6) is -0.0247. The first-order valence-electron chi connectivity index (χ1n) is 12.5. The summed E-state index contributed by atoms with van der Waals surface area (Å²) in [5, 5.41) is 22.5. The number of nitrogens with zero attached hydrogens (tertiary/aromatic N) is 3. The molecule has 1 aliphatic rings. The number of anilines is 1. The molecule has 196 valence electrons. The average molecular weight is 516 g/mol. The molecule has 5 N–H and O–H groups in total. The van der Waals surface area contributed by atoms with Crippen molar-refractivity contribution in [3.05, 3.63) is 59.8 Å². The smallest absolute Gasteiger partial charge is 0.251 e. The number of rotatable bonds is 10. The number of aromatic nitrogens is 2. The van der Waals surface area contributed by atoms with Crippen LogP contribution in [-0.2, 0) is 13.0 Å². The second kappa shape index (κ2) is 11.2. The Morgan fingerprint density at radius 3 is 2.58 bits per heavy atom. The van der Waals surface area contributed by atoms with E-state index in [9.17, 15) is 19.0 Å². The summed E-state index contributed by atoms with van der Waals surface area (Å²) in [6, 6.07) is 12.9. The molecule has 1 fully saturated rings. The van der Waals surface area contributed by atoms with Crippen LogP contribution >= 0.6 is 10.8 Å². The highest BCUT2D eigenvalue weighted by atomic mass is 32.3. The van der Waals surface area contributed by atoms with Gasteiger partial charge in [0.05, 0.1) is 35.3 Å². The maximum Gasteiger partial charge on any atom is 0.251 e. The molecule has 9 nitrogen and oxygen atoms in total. The molecule has 36 heavy (non-hydrogen) atoms. The van der Waals surface area contributed by atoms with E-state index < -0.39 is 22.9 Å². The minimum absolute atomic E-state index is 0.201. The van der Waals surface area contributed by atoms with E-state index >= 15 is 0 Å². The Labute approximate surface area is 214 Å². The lowest BCUT2D eigenvalue weighted by Crippen LogP contribution is -2.49. The molecule has 0 bridgehead atoms. The first-order chi connectivity index (χ1) is 17.2. The van der Waals surface area contributed by atoms with Crippen molar-refractivity contribution in [1.29, 1.82) is 0 Å². The number of amides is 1. The van der Waals surface area contributed by atoms with Crippen LogP contribution in [0.5, 0.6) is 0 Å². The van der Waals surface area contributed by atoms with Gasteiger partial charge in [-0.1, -0.05) is 44.2 Å². The molecule has 0 aliphatic carbocycles. The summed E-state index contributed by atoms with van der Waals surface area (Å²) in [6.45, 7) is 7.44. The number of aryl methyl sites for hydroxylation is 1. The van der Waals surface area contributed by atoms with Crippen LogP contribution in [0.1, 0.15) is 43.1 Å². The summed E-state index contributed by atoms with van der Waals surface area (Å²) in [7, 11) is -2.95. The van der Waals surface area contributed by atoms with Crippen LogP contribution in [0.15, 0.2) is 48.7 Å². The van der Waals surface area contributed by atoms with Gasteiger partial charge in [-0.2, -0.15) is 5.10 Å². The van der Waals surface area contributed by atoms with Crippen LogP contribution in [0.4, 0.5) is 5.69 Å². The number of benzene rings is 2. The molecular formula is C26H37N5O4S.